The van der Waals surface area contributed by atoms with Crippen molar-refractivity contribution in [2.24, 2.45) is 0 Å². The quantitative estimate of drug-likeness (QED) is 0.572. The first-order chi connectivity index (χ1) is 15.8. The topological polar surface area (TPSA) is 90.3 Å². The van der Waals surface area contributed by atoms with Gasteiger partial charge in [-0.1, -0.05) is 23.8 Å². The van der Waals surface area contributed by atoms with Crippen molar-refractivity contribution in [3.05, 3.63) is 70.7 Å². The molecule has 0 unspecified atom stereocenters. The van der Waals surface area contributed by atoms with E-state index in [9.17, 15) is 13.6 Å². The number of allylic oxidation sites excluding steroid dienone is 1. The Hall–Kier alpha value is -3.95. The lowest BCUT2D eigenvalue weighted by Crippen LogP contribution is -2.31. The fourth-order valence-electron chi connectivity index (χ4n) is 3.88. The first kappa shape index (κ1) is 22.3. The van der Waals surface area contributed by atoms with Crippen LogP contribution in [0.25, 0.3) is 0 Å². The molecule has 1 aliphatic heterocycles. The molecule has 0 radical (unpaired) electrons. The standard InChI is InChI=1S/C23H23F2N5O3/c1-12-5-7-16(13(2)9-12)29-21(31)19-14(3)28-23-26-11-27-30(23)20(19)15-6-8-17(33-22(24)25)18(10-15)32-4/h5-11,20,22H,1-4H3,(H,29,31)(H,26,27,28)/t20-/m0/s1. The Morgan fingerprint density at radius 3 is 2.64 bits per heavy atom. The Morgan fingerprint density at radius 1 is 1.15 bits per heavy atom. The number of rotatable bonds is 6. The third-order valence-electron chi connectivity index (χ3n) is 5.39. The largest absolute Gasteiger partial charge is 0.493 e. The van der Waals surface area contributed by atoms with E-state index in [1.807, 2.05) is 32.0 Å². The highest BCUT2D eigenvalue weighted by molar-refractivity contribution is 6.06. The van der Waals surface area contributed by atoms with Crippen LogP contribution in [0, 0.1) is 13.8 Å². The molecule has 0 fully saturated rings. The van der Waals surface area contributed by atoms with E-state index in [2.05, 4.69) is 25.5 Å². The summed E-state index contributed by atoms with van der Waals surface area (Å²) >= 11 is 0. The summed E-state index contributed by atoms with van der Waals surface area (Å²) < 4.78 is 36.9. The van der Waals surface area contributed by atoms with Crippen LogP contribution in [0.15, 0.2) is 54.0 Å². The van der Waals surface area contributed by atoms with Gasteiger partial charge in [-0.15, -0.1) is 0 Å². The van der Waals surface area contributed by atoms with Gasteiger partial charge in [0.25, 0.3) is 5.91 Å². The second kappa shape index (κ2) is 8.89. The number of ether oxygens (including phenoxy) is 2. The van der Waals surface area contributed by atoms with E-state index >= 15 is 0 Å². The van der Waals surface area contributed by atoms with Gasteiger partial charge in [0.1, 0.15) is 12.4 Å². The Kier molecular flexibility index (Phi) is 5.99. The molecule has 1 atom stereocenters. The van der Waals surface area contributed by atoms with Gasteiger partial charge >= 0.3 is 6.61 Å². The van der Waals surface area contributed by atoms with Crippen molar-refractivity contribution < 1.29 is 23.0 Å². The smallest absolute Gasteiger partial charge is 0.387 e. The van der Waals surface area contributed by atoms with Crippen molar-refractivity contribution in [2.75, 3.05) is 17.7 Å². The number of aromatic nitrogens is 3. The molecule has 0 saturated carbocycles. The zero-order valence-corrected chi connectivity index (χ0v) is 18.5. The van der Waals surface area contributed by atoms with E-state index < -0.39 is 12.7 Å². The molecule has 3 aromatic rings. The van der Waals surface area contributed by atoms with Gasteiger partial charge in [-0.3, -0.25) is 4.79 Å². The number of alkyl halides is 2. The SMILES string of the molecule is COc1cc([C@H]2C(C(=O)Nc3ccc(C)cc3C)=C(C)Nc3ncnn32)ccc1OC(F)F. The van der Waals surface area contributed by atoms with Crippen LogP contribution < -0.4 is 20.1 Å². The van der Waals surface area contributed by atoms with Gasteiger partial charge in [0.15, 0.2) is 11.5 Å². The third kappa shape index (κ3) is 4.36. The van der Waals surface area contributed by atoms with E-state index in [1.165, 1.54) is 19.5 Å². The number of carbonyl (C=O) groups excluding carboxylic acids is 1. The number of nitrogens with zero attached hydrogens (tertiary/aromatic N) is 3. The fraction of sp³-hybridized carbons (Fsp3) is 0.261. The van der Waals surface area contributed by atoms with E-state index in [-0.39, 0.29) is 17.4 Å². The number of fused-ring (bicyclic) bond motifs is 1. The Morgan fingerprint density at radius 2 is 1.94 bits per heavy atom. The van der Waals surface area contributed by atoms with Crippen LogP contribution in [0.2, 0.25) is 0 Å². The highest BCUT2D eigenvalue weighted by Crippen LogP contribution is 2.39. The van der Waals surface area contributed by atoms with E-state index in [0.29, 0.717) is 28.5 Å². The molecular weight excluding hydrogens is 432 g/mol. The zero-order valence-electron chi connectivity index (χ0n) is 18.5. The van der Waals surface area contributed by atoms with E-state index in [4.69, 9.17) is 4.74 Å². The number of amides is 1. The molecule has 1 aromatic heterocycles. The molecule has 0 bridgehead atoms. The van der Waals surface area contributed by atoms with Crippen molar-refractivity contribution >= 4 is 17.5 Å². The van der Waals surface area contributed by atoms with Crippen LogP contribution in [0.1, 0.15) is 29.7 Å². The molecule has 0 aliphatic carbocycles. The summed E-state index contributed by atoms with van der Waals surface area (Å²) in [5.74, 6) is 0.128. The minimum atomic E-state index is -2.99. The van der Waals surface area contributed by atoms with Crippen LogP contribution in [-0.2, 0) is 4.79 Å². The average Bonchev–Trinajstić information content (AvgIpc) is 3.22. The van der Waals surface area contributed by atoms with Gasteiger partial charge in [0.05, 0.1) is 12.7 Å². The van der Waals surface area contributed by atoms with Crippen molar-refractivity contribution in [2.45, 2.75) is 33.4 Å². The Balaban J connectivity index is 1.76. The summed E-state index contributed by atoms with van der Waals surface area (Å²) in [6.07, 6.45) is 1.37. The molecule has 0 saturated heterocycles. The maximum Gasteiger partial charge on any atom is 0.387 e. The monoisotopic (exact) mass is 455 g/mol. The molecule has 172 valence electrons. The number of aryl methyl sites for hydroxylation is 2. The molecule has 2 heterocycles. The molecule has 4 rings (SSSR count). The fourth-order valence-corrected chi connectivity index (χ4v) is 3.88. The highest BCUT2D eigenvalue weighted by Gasteiger charge is 2.34. The molecule has 0 spiro atoms. The van der Waals surface area contributed by atoms with Crippen molar-refractivity contribution in [1.29, 1.82) is 0 Å². The van der Waals surface area contributed by atoms with Crippen LogP contribution in [-0.4, -0.2) is 34.4 Å². The number of hydrogen-bond donors (Lipinski definition) is 2. The normalized spacial score (nSPS) is 15.2. The second-order valence-corrected chi connectivity index (χ2v) is 7.66. The lowest BCUT2D eigenvalue weighted by atomic mass is 9.94. The van der Waals surface area contributed by atoms with E-state index in [1.54, 1.807) is 23.7 Å². The lowest BCUT2D eigenvalue weighted by Gasteiger charge is -2.29. The van der Waals surface area contributed by atoms with E-state index in [0.717, 1.165) is 11.1 Å². The van der Waals surface area contributed by atoms with Crippen LogP contribution in [0.4, 0.5) is 20.4 Å². The molecule has 2 N–H and O–H groups in total. The number of methoxy groups -OCH3 is 1. The summed E-state index contributed by atoms with van der Waals surface area (Å²) in [4.78, 5) is 17.7. The summed E-state index contributed by atoms with van der Waals surface area (Å²) in [6.45, 7) is 2.68. The zero-order chi connectivity index (χ0) is 23.7. The van der Waals surface area contributed by atoms with Crippen LogP contribution in [0.3, 0.4) is 0 Å². The van der Waals surface area contributed by atoms with Gasteiger partial charge in [-0.25, -0.2) is 4.68 Å². The predicted molar refractivity (Wildman–Crippen MR) is 119 cm³/mol. The number of halogens is 2. The first-order valence-corrected chi connectivity index (χ1v) is 10.2. The molecule has 10 heteroatoms. The van der Waals surface area contributed by atoms with Gasteiger partial charge in [-0.05, 0) is 50.1 Å². The maximum atomic E-state index is 13.5. The van der Waals surface area contributed by atoms with Crippen LogP contribution >= 0.6 is 0 Å². The minimum Gasteiger partial charge on any atom is -0.493 e. The Bertz CT molecular complexity index is 1240. The van der Waals surface area contributed by atoms with Crippen LogP contribution in [0.5, 0.6) is 11.5 Å². The third-order valence-corrected chi connectivity index (χ3v) is 5.39. The number of anilines is 2. The average molecular weight is 455 g/mol. The van der Waals surface area contributed by atoms with Crippen molar-refractivity contribution in [3.63, 3.8) is 0 Å². The number of benzene rings is 2. The van der Waals surface area contributed by atoms with Crippen molar-refractivity contribution in [3.8, 4) is 11.5 Å². The molecule has 8 nitrogen and oxygen atoms in total. The summed E-state index contributed by atoms with van der Waals surface area (Å²) in [5, 5.41) is 10.4. The molecule has 1 amide bonds. The second-order valence-electron chi connectivity index (χ2n) is 7.66. The number of carbonyl (C=O) groups is 1. The van der Waals surface area contributed by atoms with Gasteiger partial charge in [-0.2, -0.15) is 18.9 Å². The van der Waals surface area contributed by atoms with Gasteiger partial charge in [0, 0.05) is 11.4 Å². The molecular formula is C23H23F2N5O3. The molecule has 2 aromatic carbocycles. The molecule has 1 aliphatic rings. The number of nitrogens with one attached hydrogen (secondary N) is 2. The maximum absolute atomic E-state index is 13.5. The number of hydrogen-bond acceptors (Lipinski definition) is 6. The Labute approximate surface area is 189 Å². The summed E-state index contributed by atoms with van der Waals surface area (Å²) in [7, 11) is 1.36. The molecule has 33 heavy (non-hydrogen) atoms. The summed E-state index contributed by atoms with van der Waals surface area (Å²) in [6, 6.07) is 9.61. The minimum absolute atomic E-state index is 0.106. The first-order valence-electron chi connectivity index (χ1n) is 10.2. The van der Waals surface area contributed by atoms with Gasteiger partial charge in [0.2, 0.25) is 5.95 Å². The van der Waals surface area contributed by atoms with Gasteiger partial charge < -0.3 is 20.1 Å². The summed E-state index contributed by atoms with van der Waals surface area (Å²) in [5.41, 5.74) is 4.29. The highest BCUT2D eigenvalue weighted by atomic mass is 19.3. The lowest BCUT2D eigenvalue weighted by molar-refractivity contribution is -0.113. The predicted octanol–water partition coefficient (Wildman–Crippen LogP) is 4.43. The van der Waals surface area contributed by atoms with Crippen molar-refractivity contribution in [1.82, 2.24) is 14.8 Å².